The van der Waals surface area contributed by atoms with Crippen LogP contribution in [0.5, 0.6) is 5.75 Å². The van der Waals surface area contributed by atoms with Crippen LogP contribution in [0.4, 0.5) is 5.69 Å². The van der Waals surface area contributed by atoms with Gasteiger partial charge in [0.05, 0.1) is 12.8 Å². The van der Waals surface area contributed by atoms with E-state index in [0.29, 0.717) is 6.04 Å². The van der Waals surface area contributed by atoms with Gasteiger partial charge >= 0.3 is 0 Å². The summed E-state index contributed by atoms with van der Waals surface area (Å²) in [4.78, 5) is 17.6. The highest BCUT2D eigenvalue weighted by molar-refractivity contribution is 6.07. The molecule has 0 N–H and O–H groups in total. The second-order valence-corrected chi connectivity index (χ2v) is 7.83. The van der Waals surface area contributed by atoms with E-state index in [-0.39, 0.29) is 5.91 Å². The van der Waals surface area contributed by atoms with Crippen molar-refractivity contribution < 1.29 is 9.53 Å². The molecule has 0 bridgehead atoms. The smallest absolute Gasteiger partial charge is 0.258 e. The third-order valence-electron chi connectivity index (χ3n) is 5.75. The molecule has 3 rings (SSSR count). The molecule has 0 unspecified atom stereocenters. The Morgan fingerprint density at radius 3 is 2.50 bits per heavy atom. The van der Waals surface area contributed by atoms with Crippen LogP contribution >= 0.6 is 0 Å². The molecule has 1 aliphatic rings. The minimum absolute atomic E-state index is 0.0487. The highest BCUT2D eigenvalue weighted by Crippen LogP contribution is 2.38. The molecule has 0 aliphatic carbocycles. The first kappa shape index (κ1) is 20.4. The molecule has 150 valence electrons. The van der Waals surface area contributed by atoms with E-state index in [1.807, 2.05) is 23.1 Å². The lowest BCUT2D eigenvalue weighted by atomic mass is 9.95. The lowest BCUT2D eigenvalue weighted by Crippen LogP contribution is -2.36. The van der Waals surface area contributed by atoms with E-state index < -0.39 is 0 Å². The van der Waals surface area contributed by atoms with Crippen LogP contribution < -0.4 is 9.64 Å². The fourth-order valence-corrected chi connectivity index (χ4v) is 4.02. The van der Waals surface area contributed by atoms with Crippen LogP contribution in [-0.4, -0.2) is 37.0 Å². The van der Waals surface area contributed by atoms with Crippen LogP contribution in [0.1, 0.15) is 54.2 Å². The summed E-state index contributed by atoms with van der Waals surface area (Å²) >= 11 is 0. The highest BCUT2D eigenvalue weighted by Gasteiger charge is 2.28. The van der Waals surface area contributed by atoms with Gasteiger partial charge in [-0.25, -0.2) is 0 Å². The number of anilines is 1. The minimum atomic E-state index is 0.0487. The molecule has 1 heterocycles. The van der Waals surface area contributed by atoms with E-state index in [4.69, 9.17) is 4.74 Å². The summed E-state index contributed by atoms with van der Waals surface area (Å²) < 4.78 is 5.58. The summed E-state index contributed by atoms with van der Waals surface area (Å²) in [7, 11) is 1.67. The van der Waals surface area contributed by atoms with E-state index in [1.54, 1.807) is 7.11 Å². The molecule has 2 aromatic rings. The number of methoxy groups -OCH3 is 1. The van der Waals surface area contributed by atoms with Gasteiger partial charge in [0.2, 0.25) is 0 Å². The molecular formula is C24H32N2O2. The predicted octanol–water partition coefficient (Wildman–Crippen LogP) is 4.83. The Morgan fingerprint density at radius 2 is 1.89 bits per heavy atom. The van der Waals surface area contributed by atoms with Crippen LogP contribution in [-0.2, 0) is 13.0 Å². The van der Waals surface area contributed by atoms with E-state index >= 15 is 0 Å². The number of carbonyl (C=O) groups is 1. The summed E-state index contributed by atoms with van der Waals surface area (Å²) in [6.07, 6.45) is 1.97. The number of amides is 1. The molecular weight excluding hydrogens is 348 g/mol. The predicted molar refractivity (Wildman–Crippen MR) is 115 cm³/mol. The number of aryl methyl sites for hydroxylation is 1. The summed E-state index contributed by atoms with van der Waals surface area (Å²) in [6.45, 7) is 11.4. The van der Waals surface area contributed by atoms with Gasteiger partial charge in [-0.15, -0.1) is 0 Å². The fraction of sp³-hybridized carbons (Fsp3) is 0.458. The van der Waals surface area contributed by atoms with Crippen molar-refractivity contribution in [2.45, 2.75) is 53.1 Å². The van der Waals surface area contributed by atoms with Gasteiger partial charge in [0.25, 0.3) is 5.91 Å². The molecule has 0 fully saturated rings. The van der Waals surface area contributed by atoms with Crippen LogP contribution in [0.15, 0.2) is 36.4 Å². The van der Waals surface area contributed by atoms with Crippen molar-refractivity contribution in [1.82, 2.24) is 4.90 Å². The molecule has 28 heavy (non-hydrogen) atoms. The fourth-order valence-electron chi connectivity index (χ4n) is 4.02. The summed E-state index contributed by atoms with van der Waals surface area (Å²) in [5, 5.41) is 0. The van der Waals surface area contributed by atoms with Crippen LogP contribution in [0.2, 0.25) is 0 Å². The zero-order valence-corrected chi connectivity index (χ0v) is 17.8. The van der Waals surface area contributed by atoms with Crippen molar-refractivity contribution in [2.24, 2.45) is 0 Å². The number of nitrogens with zero attached hydrogens (tertiary/aromatic N) is 2. The van der Waals surface area contributed by atoms with E-state index in [2.05, 4.69) is 50.8 Å². The Balaban J connectivity index is 1.85. The molecule has 0 radical (unpaired) electrons. The average Bonchev–Trinajstić information content (AvgIpc) is 2.72. The number of carbonyl (C=O) groups excluding carboxylic acids is 1. The van der Waals surface area contributed by atoms with Crippen LogP contribution in [0.25, 0.3) is 0 Å². The molecule has 1 aliphatic heterocycles. The van der Waals surface area contributed by atoms with Gasteiger partial charge in [-0.2, -0.15) is 0 Å². The topological polar surface area (TPSA) is 32.8 Å². The van der Waals surface area contributed by atoms with Gasteiger partial charge in [-0.05, 0) is 75.0 Å². The number of benzene rings is 2. The molecule has 2 aromatic carbocycles. The molecule has 0 spiro atoms. The largest absolute Gasteiger partial charge is 0.495 e. The Hall–Kier alpha value is -2.33. The number of hydrogen-bond acceptors (Lipinski definition) is 3. The summed E-state index contributed by atoms with van der Waals surface area (Å²) in [5.74, 6) is 0.827. The van der Waals surface area contributed by atoms with Gasteiger partial charge in [0, 0.05) is 24.7 Å². The maximum atomic E-state index is 13.3. The monoisotopic (exact) mass is 380 g/mol. The number of rotatable bonds is 6. The van der Waals surface area contributed by atoms with Crippen molar-refractivity contribution in [2.75, 3.05) is 25.1 Å². The van der Waals surface area contributed by atoms with Crippen molar-refractivity contribution in [3.8, 4) is 5.75 Å². The lowest BCUT2D eigenvalue weighted by Gasteiger charge is -2.32. The number of ether oxygens (including phenoxy) is 1. The third kappa shape index (κ3) is 4.07. The van der Waals surface area contributed by atoms with E-state index in [9.17, 15) is 4.79 Å². The van der Waals surface area contributed by atoms with Crippen LogP contribution in [0.3, 0.4) is 0 Å². The van der Waals surface area contributed by atoms with Crippen LogP contribution in [0, 0.1) is 6.92 Å². The Kier molecular flexibility index (Phi) is 6.40. The maximum absolute atomic E-state index is 13.3. The maximum Gasteiger partial charge on any atom is 0.258 e. The number of hydrogen-bond donors (Lipinski definition) is 0. The van der Waals surface area contributed by atoms with Gasteiger partial charge in [-0.3, -0.25) is 9.69 Å². The van der Waals surface area contributed by atoms with E-state index in [0.717, 1.165) is 49.5 Å². The summed E-state index contributed by atoms with van der Waals surface area (Å²) in [5.41, 5.74) is 5.36. The Bertz CT molecular complexity index is 827. The van der Waals surface area contributed by atoms with Crippen molar-refractivity contribution in [3.05, 3.63) is 58.7 Å². The summed E-state index contributed by atoms with van der Waals surface area (Å²) in [6, 6.07) is 12.6. The van der Waals surface area contributed by atoms with Gasteiger partial charge in [0.15, 0.2) is 0 Å². The molecule has 0 saturated heterocycles. The van der Waals surface area contributed by atoms with Gasteiger partial charge in [0.1, 0.15) is 5.75 Å². The average molecular weight is 381 g/mol. The normalized spacial score (nSPS) is 13.8. The molecule has 0 aromatic heterocycles. The molecule has 0 atom stereocenters. The zero-order chi connectivity index (χ0) is 20.3. The Labute approximate surface area is 169 Å². The molecule has 4 nitrogen and oxygen atoms in total. The van der Waals surface area contributed by atoms with Crippen molar-refractivity contribution in [3.63, 3.8) is 0 Å². The Morgan fingerprint density at radius 1 is 1.18 bits per heavy atom. The second-order valence-electron chi connectivity index (χ2n) is 7.83. The molecule has 0 saturated carbocycles. The van der Waals surface area contributed by atoms with E-state index in [1.165, 1.54) is 16.7 Å². The third-order valence-corrected chi connectivity index (χ3v) is 5.75. The molecule has 4 heteroatoms. The van der Waals surface area contributed by atoms with Gasteiger partial charge < -0.3 is 9.64 Å². The zero-order valence-electron chi connectivity index (χ0n) is 17.8. The van der Waals surface area contributed by atoms with Crippen molar-refractivity contribution in [1.29, 1.82) is 0 Å². The highest BCUT2D eigenvalue weighted by atomic mass is 16.5. The first-order chi connectivity index (χ1) is 13.5. The first-order valence-electron chi connectivity index (χ1n) is 10.3. The SMILES string of the molecule is CCN(Cc1ccc(C(=O)N2CCCc3c(C)ccc(OC)c32)cc1)C(C)C. The standard InChI is InChI=1S/C24H32N2O2/c1-6-25(17(2)3)16-19-10-12-20(13-11-19)24(27)26-15-7-8-21-18(4)9-14-22(28-5)23(21)26/h9-14,17H,6-8,15-16H2,1-5H3. The van der Waals surface area contributed by atoms with Crippen molar-refractivity contribution >= 4 is 11.6 Å². The molecule has 1 amide bonds. The second kappa shape index (κ2) is 8.78. The number of fused-ring (bicyclic) bond motifs is 1. The quantitative estimate of drug-likeness (QED) is 0.720. The van der Waals surface area contributed by atoms with Gasteiger partial charge in [-0.1, -0.05) is 25.1 Å². The first-order valence-corrected chi connectivity index (χ1v) is 10.3. The lowest BCUT2D eigenvalue weighted by molar-refractivity contribution is 0.0984. The minimum Gasteiger partial charge on any atom is -0.495 e.